The fourth-order valence-electron chi connectivity index (χ4n) is 2.35. The highest BCUT2D eigenvalue weighted by Gasteiger charge is 2.09. The number of ether oxygens (including phenoxy) is 2. The Kier molecular flexibility index (Phi) is 6.57. The Bertz CT molecular complexity index is 725. The molecule has 0 aliphatic heterocycles. The third-order valence-electron chi connectivity index (χ3n) is 4.08. The van der Waals surface area contributed by atoms with Crippen molar-refractivity contribution in [1.29, 1.82) is 0 Å². The summed E-state index contributed by atoms with van der Waals surface area (Å²) in [7, 11) is 1.52. The van der Waals surface area contributed by atoms with Crippen LogP contribution >= 0.6 is 0 Å². The normalized spacial score (nSPS) is 11.5. The molecule has 0 heterocycles. The monoisotopic (exact) mass is 341 g/mol. The van der Waals surface area contributed by atoms with Crippen LogP contribution in [0, 0.1) is 0 Å². The highest BCUT2D eigenvalue weighted by molar-refractivity contribution is 5.92. The number of hydrogen-bond donors (Lipinski definition) is 1. The van der Waals surface area contributed by atoms with E-state index in [9.17, 15) is 9.59 Å². The zero-order chi connectivity index (χ0) is 18.2. The van der Waals surface area contributed by atoms with Gasteiger partial charge in [-0.2, -0.15) is 0 Å². The van der Waals surface area contributed by atoms with E-state index in [4.69, 9.17) is 9.47 Å². The van der Waals surface area contributed by atoms with Crippen LogP contribution in [0.1, 0.15) is 42.1 Å². The molecule has 0 aliphatic carbocycles. The van der Waals surface area contributed by atoms with Gasteiger partial charge in [0, 0.05) is 5.69 Å². The summed E-state index contributed by atoms with van der Waals surface area (Å²) in [6.45, 7) is 4.13. The molecule has 5 heteroatoms. The maximum atomic E-state index is 12.0. The van der Waals surface area contributed by atoms with E-state index >= 15 is 0 Å². The van der Waals surface area contributed by atoms with Crippen molar-refractivity contribution in [2.45, 2.75) is 26.2 Å². The standard InChI is InChI=1S/C20H23NO4/c1-4-14(2)15-5-7-17(8-6-15)21-20(23)13-25-19-10-9-18(24-3)11-16(19)12-22/h5-12,14H,4,13H2,1-3H3,(H,21,23)/t14-/m1/s1. The predicted molar refractivity (Wildman–Crippen MR) is 97.7 cm³/mol. The molecule has 2 aromatic rings. The second kappa shape index (κ2) is 8.87. The lowest BCUT2D eigenvalue weighted by Gasteiger charge is -2.12. The van der Waals surface area contributed by atoms with E-state index in [-0.39, 0.29) is 12.5 Å². The van der Waals surface area contributed by atoms with Crippen molar-refractivity contribution < 1.29 is 19.1 Å². The van der Waals surface area contributed by atoms with Crippen LogP contribution in [0.2, 0.25) is 0 Å². The number of aldehydes is 1. The lowest BCUT2D eigenvalue weighted by Crippen LogP contribution is -2.20. The molecule has 132 valence electrons. The van der Waals surface area contributed by atoms with Crippen molar-refractivity contribution >= 4 is 17.9 Å². The number of anilines is 1. The molecule has 0 saturated carbocycles. The van der Waals surface area contributed by atoms with Gasteiger partial charge in [0.1, 0.15) is 11.5 Å². The fourth-order valence-corrected chi connectivity index (χ4v) is 2.35. The molecular formula is C20H23NO4. The van der Waals surface area contributed by atoms with Gasteiger partial charge in [0.15, 0.2) is 12.9 Å². The number of hydrogen-bond acceptors (Lipinski definition) is 4. The smallest absolute Gasteiger partial charge is 0.262 e. The molecule has 0 unspecified atom stereocenters. The average molecular weight is 341 g/mol. The Morgan fingerprint density at radius 2 is 1.92 bits per heavy atom. The Hall–Kier alpha value is -2.82. The summed E-state index contributed by atoms with van der Waals surface area (Å²) in [5.41, 5.74) is 2.29. The first-order chi connectivity index (χ1) is 12.1. The minimum Gasteiger partial charge on any atom is -0.497 e. The number of nitrogens with one attached hydrogen (secondary N) is 1. The van der Waals surface area contributed by atoms with E-state index in [1.54, 1.807) is 18.2 Å². The van der Waals surface area contributed by atoms with Crippen LogP contribution in [0.25, 0.3) is 0 Å². The van der Waals surface area contributed by atoms with E-state index in [0.717, 1.165) is 6.42 Å². The zero-order valence-corrected chi connectivity index (χ0v) is 14.7. The summed E-state index contributed by atoms with van der Waals surface area (Å²) in [4.78, 5) is 23.1. The van der Waals surface area contributed by atoms with Crippen molar-refractivity contribution in [2.75, 3.05) is 19.0 Å². The molecule has 0 bridgehead atoms. The van der Waals surface area contributed by atoms with Crippen molar-refractivity contribution in [1.82, 2.24) is 0 Å². The third kappa shape index (κ3) is 5.08. The van der Waals surface area contributed by atoms with Gasteiger partial charge in [0.25, 0.3) is 5.91 Å². The van der Waals surface area contributed by atoms with Crippen molar-refractivity contribution in [3.63, 3.8) is 0 Å². The van der Waals surface area contributed by atoms with Crippen LogP contribution in [0.5, 0.6) is 11.5 Å². The summed E-state index contributed by atoms with van der Waals surface area (Å²) in [6, 6.07) is 12.6. The maximum Gasteiger partial charge on any atom is 0.262 e. The van der Waals surface area contributed by atoms with Gasteiger partial charge >= 0.3 is 0 Å². The Labute approximate surface area is 148 Å². The molecule has 25 heavy (non-hydrogen) atoms. The van der Waals surface area contributed by atoms with Crippen LogP contribution < -0.4 is 14.8 Å². The molecule has 0 spiro atoms. The molecular weight excluding hydrogens is 318 g/mol. The number of rotatable bonds is 8. The first kappa shape index (κ1) is 18.5. The molecule has 0 aliphatic rings. The number of benzene rings is 2. The fraction of sp³-hybridized carbons (Fsp3) is 0.300. The van der Waals surface area contributed by atoms with Gasteiger partial charge in [-0.05, 0) is 48.2 Å². The molecule has 5 nitrogen and oxygen atoms in total. The highest BCUT2D eigenvalue weighted by atomic mass is 16.5. The average Bonchev–Trinajstić information content (AvgIpc) is 2.66. The van der Waals surface area contributed by atoms with Gasteiger partial charge in [-0.3, -0.25) is 9.59 Å². The summed E-state index contributed by atoms with van der Waals surface area (Å²) in [5, 5.41) is 2.78. The summed E-state index contributed by atoms with van der Waals surface area (Å²) < 4.78 is 10.5. The van der Waals surface area contributed by atoms with Gasteiger partial charge in [-0.25, -0.2) is 0 Å². The Morgan fingerprint density at radius 1 is 1.20 bits per heavy atom. The lowest BCUT2D eigenvalue weighted by atomic mass is 9.99. The number of methoxy groups -OCH3 is 1. The molecule has 2 rings (SSSR count). The molecule has 0 fully saturated rings. The van der Waals surface area contributed by atoms with Crippen LogP contribution in [0.15, 0.2) is 42.5 Å². The Morgan fingerprint density at radius 3 is 2.52 bits per heavy atom. The molecule has 1 amide bonds. The minimum atomic E-state index is -0.288. The highest BCUT2D eigenvalue weighted by Crippen LogP contribution is 2.23. The molecule has 2 aromatic carbocycles. The molecule has 0 saturated heterocycles. The van der Waals surface area contributed by atoms with Crippen LogP contribution in [-0.4, -0.2) is 25.9 Å². The summed E-state index contributed by atoms with van der Waals surface area (Å²) in [5.74, 6) is 1.10. The zero-order valence-electron chi connectivity index (χ0n) is 14.7. The largest absolute Gasteiger partial charge is 0.497 e. The molecule has 1 N–H and O–H groups in total. The van der Waals surface area contributed by atoms with E-state index in [1.165, 1.54) is 12.7 Å². The van der Waals surface area contributed by atoms with Crippen LogP contribution in [0.4, 0.5) is 5.69 Å². The molecule has 0 aromatic heterocycles. The minimum absolute atomic E-state index is 0.180. The van der Waals surface area contributed by atoms with E-state index < -0.39 is 0 Å². The first-order valence-electron chi connectivity index (χ1n) is 8.23. The van der Waals surface area contributed by atoms with Crippen molar-refractivity contribution in [3.8, 4) is 11.5 Å². The molecule has 0 radical (unpaired) electrons. The molecule has 1 atom stereocenters. The van der Waals surface area contributed by atoms with Crippen molar-refractivity contribution in [2.24, 2.45) is 0 Å². The van der Waals surface area contributed by atoms with Gasteiger partial charge in [-0.1, -0.05) is 26.0 Å². The predicted octanol–water partition coefficient (Wildman–Crippen LogP) is 4.04. The lowest BCUT2D eigenvalue weighted by molar-refractivity contribution is -0.118. The van der Waals surface area contributed by atoms with Crippen LogP contribution in [0.3, 0.4) is 0 Å². The van der Waals surface area contributed by atoms with Crippen molar-refractivity contribution in [3.05, 3.63) is 53.6 Å². The first-order valence-corrected chi connectivity index (χ1v) is 8.23. The van der Waals surface area contributed by atoms with E-state index in [1.807, 2.05) is 24.3 Å². The van der Waals surface area contributed by atoms with Gasteiger partial charge in [-0.15, -0.1) is 0 Å². The number of carbonyl (C=O) groups excluding carboxylic acids is 2. The van der Waals surface area contributed by atoms with E-state index in [2.05, 4.69) is 19.2 Å². The SMILES string of the molecule is CC[C@@H](C)c1ccc(NC(=O)COc2ccc(OC)cc2C=O)cc1. The van der Waals surface area contributed by atoms with E-state index in [0.29, 0.717) is 35.0 Å². The van der Waals surface area contributed by atoms with Gasteiger partial charge < -0.3 is 14.8 Å². The maximum absolute atomic E-state index is 12.0. The van der Waals surface area contributed by atoms with Gasteiger partial charge in [0.05, 0.1) is 12.7 Å². The Balaban J connectivity index is 1.93. The topological polar surface area (TPSA) is 64.6 Å². The number of amides is 1. The third-order valence-corrected chi connectivity index (χ3v) is 4.08. The number of carbonyl (C=O) groups is 2. The second-order valence-corrected chi connectivity index (χ2v) is 5.79. The summed E-state index contributed by atoms with van der Waals surface area (Å²) >= 11 is 0. The quantitative estimate of drug-likeness (QED) is 0.736. The van der Waals surface area contributed by atoms with Gasteiger partial charge in [0.2, 0.25) is 0 Å². The second-order valence-electron chi connectivity index (χ2n) is 5.79. The van der Waals surface area contributed by atoms with Crippen LogP contribution in [-0.2, 0) is 4.79 Å². The summed E-state index contributed by atoms with van der Waals surface area (Å²) in [6.07, 6.45) is 1.74.